The lowest BCUT2D eigenvalue weighted by molar-refractivity contribution is 0.720. The van der Waals surface area contributed by atoms with Gasteiger partial charge in [0, 0.05) is 40.2 Å². The molecule has 0 aliphatic heterocycles. The molecule has 8 aromatic rings. The number of benzene rings is 5. The zero-order valence-electron chi connectivity index (χ0n) is 25.6. The molecule has 0 amide bonds. The molecule has 0 saturated heterocycles. The van der Waals surface area contributed by atoms with Gasteiger partial charge < -0.3 is 4.57 Å². The zero-order chi connectivity index (χ0) is 30.6. The lowest BCUT2D eigenvalue weighted by Crippen LogP contribution is -2.07. The van der Waals surface area contributed by atoms with E-state index in [1.54, 1.807) is 0 Å². The summed E-state index contributed by atoms with van der Waals surface area (Å²) in [5.41, 5.74) is 11.5. The number of rotatable bonds is 4. The molecule has 0 radical (unpaired) electrons. The minimum atomic E-state index is 0.488. The third-order valence-corrected chi connectivity index (χ3v) is 9.42. The fourth-order valence-corrected chi connectivity index (χ4v) is 7.28. The van der Waals surface area contributed by atoms with Crippen LogP contribution in [0.4, 0.5) is 0 Å². The number of hydrogen-bond acceptors (Lipinski definition) is 2. The molecule has 0 bridgehead atoms. The Hall–Kier alpha value is -5.80. The molecule has 218 valence electrons. The summed E-state index contributed by atoms with van der Waals surface area (Å²) in [5, 5.41) is 6.13. The molecule has 1 aliphatic rings. The molecular formula is C43H31N3. The Morgan fingerprint density at radius 1 is 0.652 bits per heavy atom. The predicted molar refractivity (Wildman–Crippen MR) is 192 cm³/mol. The molecule has 5 aromatic carbocycles. The maximum absolute atomic E-state index is 5.11. The van der Waals surface area contributed by atoms with Crippen LogP contribution >= 0.6 is 0 Å². The van der Waals surface area contributed by atoms with E-state index in [0.717, 1.165) is 51.2 Å². The highest BCUT2D eigenvalue weighted by molar-refractivity contribution is 6.12. The minimum Gasteiger partial charge on any atom is -0.309 e. The average Bonchev–Trinajstić information content (AvgIpc) is 3.55. The van der Waals surface area contributed by atoms with Gasteiger partial charge in [-0.05, 0) is 99.6 Å². The van der Waals surface area contributed by atoms with Gasteiger partial charge in [-0.3, -0.25) is 9.97 Å². The number of nitrogens with zero attached hydrogens (tertiary/aromatic N) is 3. The normalized spacial score (nSPS) is 14.2. The summed E-state index contributed by atoms with van der Waals surface area (Å²) in [4.78, 5) is 9.87. The Labute approximate surface area is 268 Å². The second-order valence-corrected chi connectivity index (χ2v) is 12.3. The minimum absolute atomic E-state index is 0.488. The first-order valence-electron chi connectivity index (χ1n) is 16.0. The monoisotopic (exact) mass is 589 g/mol. The van der Waals surface area contributed by atoms with Crippen molar-refractivity contribution < 1.29 is 0 Å². The predicted octanol–water partition coefficient (Wildman–Crippen LogP) is 10.9. The third kappa shape index (κ3) is 4.28. The van der Waals surface area contributed by atoms with Crippen LogP contribution in [0.1, 0.15) is 18.1 Å². The van der Waals surface area contributed by atoms with E-state index in [-0.39, 0.29) is 0 Å². The molecular weight excluding hydrogens is 558 g/mol. The van der Waals surface area contributed by atoms with Crippen LogP contribution in [-0.2, 0) is 6.42 Å². The van der Waals surface area contributed by atoms with Crippen LogP contribution in [0.3, 0.4) is 0 Å². The van der Waals surface area contributed by atoms with E-state index < -0.39 is 0 Å². The van der Waals surface area contributed by atoms with Crippen molar-refractivity contribution in [2.24, 2.45) is 5.92 Å². The van der Waals surface area contributed by atoms with Gasteiger partial charge in [-0.15, -0.1) is 0 Å². The van der Waals surface area contributed by atoms with Crippen molar-refractivity contribution in [3.8, 4) is 39.5 Å². The molecule has 1 atom stereocenters. The van der Waals surface area contributed by atoms with Crippen LogP contribution in [0.2, 0.25) is 0 Å². The van der Waals surface area contributed by atoms with Crippen molar-refractivity contribution >= 4 is 38.5 Å². The average molecular weight is 590 g/mol. The second-order valence-electron chi connectivity index (χ2n) is 12.3. The molecule has 0 fully saturated rings. The molecule has 3 heteroatoms. The fourth-order valence-electron chi connectivity index (χ4n) is 7.28. The van der Waals surface area contributed by atoms with Crippen molar-refractivity contribution in [3.63, 3.8) is 0 Å². The highest BCUT2D eigenvalue weighted by Gasteiger charge is 2.21. The Kier molecular flexibility index (Phi) is 6.17. The number of allylic oxidation sites excluding steroid dienone is 1. The molecule has 1 aliphatic carbocycles. The first kappa shape index (κ1) is 26.6. The molecule has 0 spiro atoms. The van der Waals surface area contributed by atoms with Crippen molar-refractivity contribution in [3.05, 3.63) is 157 Å². The standard InChI is InChI=1S/C43H31N3/c1-28-17-19-36-37(26-31-12-9-23-44-43(31)38(36)24-28)39-20-18-32(27-45-39)40-21-22-41(46(40)33-13-3-2-4-14-33)42-34-15-7-5-10-29(34)25-30-11-6-8-16-35(30)42/h2-23,25-28H,24H2,1H3. The summed E-state index contributed by atoms with van der Waals surface area (Å²) in [7, 11) is 0. The zero-order valence-corrected chi connectivity index (χ0v) is 25.6. The third-order valence-electron chi connectivity index (χ3n) is 9.42. The molecule has 0 saturated carbocycles. The Morgan fingerprint density at radius 3 is 2.13 bits per heavy atom. The van der Waals surface area contributed by atoms with Gasteiger partial charge >= 0.3 is 0 Å². The van der Waals surface area contributed by atoms with Crippen LogP contribution in [0.25, 0.3) is 78.0 Å². The first-order chi connectivity index (χ1) is 22.7. The highest BCUT2D eigenvalue weighted by atomic mass is 15.0. The maximum Gasteiger partial charge on any atom is 0.0740 e. The van der Waals surface area contributed by atoms with Gasteiger partial charge in [0.15, 0.2) is 0 Å². The van der Waals surface area contributed by atoms with Gasteiger partial charge in [0.05, 0.1) is 22.6 Å². The highest BCUT2D eigenvalue weighted by Crippen LogP contribution is 2.41. The molecule has 9 rings (SSSR count). The Bertz CT molecular complexity index is 2400. The number of para-hydroxylation sites is 1. The molecule has 3 nitrogen and oxygen atoms in total. The molecule has 3 aromatic heterocycles. The maximum atomic E-state index is 5.11. The van der Waals surface area contributed by atoms with Crippen molar-refractivity contribution in [1.82, 2.24) is 14.5 Å². The van der Waals surface area contributed by atoms with Crippen LogP contribution in [0.5, 0.6) is 0 Å². The fraction of sp³-hybridized carbons (Fsp3) is 0.0698. The number of hydrogen-bond donors (Lipinski definition) is 0. The van der Waals surface area contributed by atoms with E-state index in [1.165, 1.54) is 38.2 Å². The second kappa shape index (κ2) is 10.7. The van der Waals surface area contributed by atoms with Crippen molar-refractivity contribution in [1.29, 1.82) is 0 Å². The first-order valence-corrected chi connectivity index (χ1v) is 16.0. The topological polar surface area (TPSA) is 30.7 Å². The number of aromatic nitrogens is 3. The summed E-state index contributed by atoms with van der Waals surface area (Å²) in [6, 6.07) is 45.7. The molecule has 3 heterocycles. The number of pyridine rings is 2. The van der Waals surface area contributed by atoms with Gasteiger partial charge in [0.1, 0.15) is 0 Å². The van der Waals surface area contributed by atoms with E-state index in [1.807, 2.05) is 18.5 Å². The smallest absolute Gasteiger partial charge is 0.0740 e. The van der Waals surface area contributed by atoms with Gasteiger partial charge in [0.2, 0.25) is 0 Å². The summed E-state index contributed by atoms with van der Waals surface area (Å²) in [5.74, 6) is 0.488. The lowest BCUT2D eigenvalue weighted by Gasteiger charge is -2.21. The lowest BCUT2D eigenvalue weighted by atomic mass is 9.85. The SMILES string of the molecule is CC1C=Cc2c(-c3ccc(-c4ccc(-c5c6ccccc6cc6ccccc56)n4-c4ccccc4)cn3)cc3cccnc3c2C1. The largest absolute Gasteiger partial charge is 0.309 e. The van der Waals surface area contributed by atoms with Crippen LogP contribution in [0, 0.1) is 5.92 Å². The van der Waals surface area contributed by atoms with E-state index in [0.29, 0.717) is 5.92 Å². The van der Waals surface area contributed by atoms with Crippen molar-refractivity contribution in [2.75, 3.05) is 0 Å². The Morgan fingerprint density at radius 2 is 1.37 bits per heavy atom. The van der Waals surface area contributed by atoms with Crippen LogP contribution < -0.4 is 0 Å². The van der Waals surface area contributed by atoms with E-state index >= 15 is 0 Å². The van der Waals surface area contributed by atoms with Gasteiger partial charge in [-0.25, -0.2) is 0 Å². The van der Waals surface area contributed by atoms with Crippen LogP contribution in [-0.4, -0.2) is 14.5 Å². The Balaban J connectivity index is 1.23. The molecule has 0 N–H and O–H groups in total. The summed E-state index contributed by atoms with van der Waals surface area (Å²) in [6.45, 7) is 2.27. The summed E-state index contributed by atoms with van der Waals surface area (Å²) >= 11 is 0. The summed E-state index contributed by atoms with van der Waals surface area (Å²) in [6.07, 6.45) is 9.49. The van der Waals surface area contributed by atoms with Crippen molar-refractivity contribution in [2.45, 2.75) is 13.3 Å². The number of fused-ring (bicyclic) bond motifs is 5. The van der Waals surface area contributed by atoms with E-state index in [4.69, 9.17) is 9.97 Å². The quantitative estimate of drug-likeness (QED) is 0.191. The molecule has 46 heavy (non-hydrogen) atoms. The van der Waals surface area contributed by atoms with Gasteiger partial charge in [-0.2, -0.15) is 0 Å². The van der Waals surface area contributed by atoms with Gasteiger partial charge in [-0.1, -0.05) is 91.9 Å². The van der Waals surface area contributed by atoms with E-state index in [2.05, 4.69) is 145 Å². The summed E-state index contributed by atoms with van der Waals surface area (Å²) < 4.78 is 2.39. The molecule has 1 unspecified atom stereocenters. The van der Waals surface area contributed by atoms with Crippen LogP contribution in [0.15, 0.2) is 146 Å². The van der Waals surface area contributed by atoms with Gasteiger partial charge in [0.25, 0.3) is 0 Å². The van der Waals surface area contributed by atoms with E-state index in [9.17, 15) is 0 Å².